The standard InChI is InChI=1S/C12H18BrN3S.HI/c1-10(13)9-15-12(14-2)16(3)7-6-11-5-4-8-17-11;/h4-5,8H,1,6-7,9H2,2-3H3,(H,14,15);1H. The Labute approximate surface area is 139 Å². The lowest BCUT2D eigenvalue weighted by Crippen LogP contribution is -2.40. The molecule has 1 heterocycles. The Morgan fingerprint density at radius 1 is 1.61 bits per heavy atom. The SMILES string of the molecule is C=C(Br)CNC(=NC)N(C)CCc1cccs1.I. The summed E-state index contributed by atoms with van der Waals surface area (Å²) in [6.07, 6.45) is 1.05. The van der Waals surface area contributed by atoms with Crippen molar-refractivity contribution in [3.63, 3.8) is 0 Å². The monoisotopic (exact) mass is 443 g/mol. The molecule has 18 heavy (non-hydrogen) atoms. The minimum atomic E-state index is 0. The van der Waals surface area contributed by atoms with E-state index >= 15 is 0 Å². The molecule has 0 fully saturated rings. The molecule has 102 valence electrons. The van der Waals surface area contributed by atoms with Gasteiger partial charge in [0.15, 0.2) is 5.96 Å². The van der Waals surface area contributed by atoms with Gasteiger partial charge in [-0.2, -0.15) is 0 Å². The van der Waals surface area contributed by atoms with Gasteiger partial charge in [-0.05, 0) is 17.9 Å². The summed E-state index contributed by atoms with van der Waals surface area (Å²) in [4.78, 5) is 7.75. The molecule has 0 unspecified atom stereocenters. The molecule has 0 bridgehead atoms. The Morgan fingerprint density at radius 2 is 2.33 bits per heavy atom. The molecule has 6 heteroatoms. The lowest BCUT2D eigenvalue weighted by molar-refractivity contribution is 0.490. The molecule has 0 aromatic carbocycles. The minimum absolute atomic E-state index is 0. The number of halogens is 2. The Hall–Kier alpha value is -0.0800. The number of hydrogen-bond acceptors (Lipinski definition) is 2. The molecule has 0 aliphatic heterocycles. The summed E-state index contributed by atoms with van der Waals surface area (Å²) < 4.78 is 0.922. The van der Waals surface area contributed by atoms with Crippen LogP contribution in [0.25, 0.3) is 0 Å². The highest BCUT2D eigenvalue weighted by atomic mass is 127. The second kappa shape index (κ2) is 9.80. The molecule has 0 aliphatic rings. The number of nitrogens with zero attached hydrogens (tertiary/aromatic N) is 2. The van der Waals surface area contributed by atoms with Crippen LogP contribution in [0.5, 0.6) is 0 Å². The van der Waals surface area contributed by atoms with Crippen molar-refractivity contribution in [1.82, 2.24) is 10.2 Å². The summed E-state index contributed by atoms with van der Waals surface area (Å²) in [6, 6.07) is 4.25. The molecular formula is C12H19BrIN3S. The number of guanidine groups is 1. The topological polar surface area (TPSA) is 27.6 Å². The first-order chi connectivity index (χ1) is 8.13. The number of hydrogen-bond donors (Lipinski definition) is 1. The van der Waals surface area contributed by atoms with E-state index in [2.05, 4.69) is 55.2 Å². The van der Waals surface area contributed by atoms with Crippen LogP contribution in [0.3, 0.4) is 0 Å². The molecule has 0 amide bonds. The summed E-state index contributed by atoms with van der Waals surface area (Å²) in [5, 5.41) is 5.34. The van der Waals surface area contributed by atoms with Gasteiger partial charge in [0.05, 0.1) is 0 Å². The Balaban J connectivity index is 0.00000289. The van der Waals surface area contributed by atoms with Crippen LogP contribution in [0, 0.1) is 0 Å². The third-order valence-corrected chi connectivity index (χ3v) is 3.50. The Morgan fingerprint density at radius 3 is 2.83 bits per heavy atom. The normalized spacial score (nSPS) is 10.7. The minimum Gasteiger partial charge on any atom is -0.352 e. The van der Waals surface area contributed by atoms with E-state index in [4.69, 9.17) is 0 Å². The quantitative estimate of drug-likeness (QED) is 0.429. The van der Waals surface area contributed by atoms with Crippen LogP contribution in [0.4, 0.5) is 0 Å². The van der Waals surface area contributed by atoms with Crippen LogP contribution < -0.4 is 5.32 Å². The van der Waals surface area contributed by atoms with Gasteiger partial charge in [0.1, 0.15) is 0 Å². The molecule has 0 spiro atoms. The van der Waals surface area contributed by atoms with Crippen LogP contribution >= 0.6 is 51.2 Å². The zero-order valence-electron chi connectivity index (χ0n) is 10.6. The maximum absolute atomic E-state index is 4.23. The number of aliphatic imine (C=N–C) groups is 1. The zero-order valence-corrected chi connectivity index (χ0v) is 15.4. The van der Waals surface area contributed by atoms with Crippen molar-refractivity contribution in [2.75, 3.05) is 27.2 Å². The second-order valence-electron chi connectivity index (χ2n) is 3.67. The maximum atomic E-state index is 4.23. The Bertz CT molecular complexity index is 379. The van der Waals surface area contributed by atoms with E-state index in [1.807, 2.05) is 7.05 Å². The van der Waals surface area contributed by atoms with Crippen molar-refractivity contribution in [2.45, 2.75) is 6.42 Å². The molecular weight excluding hydrogens is 425 g/mol. The van der Waals surface area contributed by atoms with Crippen molar-refractivity contribution >= 4 is 57.2 Å². The molecule has 1 aromatic rings. The van der Waals surface area contributed by atoms with Crippen LogP contribution in [0.15, 0.2) is 33.6 Å². The van der Waals surface area contributed by atoms with Gasteiger partial charge in [-0.25, -0.2) is 0 Å². The van der Waals surface area contributed by atoms with Gasteiger partial charge in [0, 0.05) is 36.5 Å². The molecule has 0 saturated heterocycles. The molecule has 3 nitrogen and oxygen atoms in total. The smallest absolute Gasteiger partial charge is 0.193 e. The van der Waals surface area contributed by atoms with Crippen LogP contribution in [0.1, 0.15) is 4.88 Å². The largest absolute Gasteiger partial charge is 0.352 e. The third kappa shape index (κ3) is 6.75. The van der Waals surface area contributed by atoms with Gasteiger partial charge in [0.2, 0.25) is 0 Å². The van der Waals surface area contributed by atoms with E-state index < -0.39 is 0 Å². The molecule has 0 radical (unpaired) electrons. The van der Waals surface area contributed by atoms with Crippen LogP contribution in [0.2, 0.25) is 0 Å². The van der Waals surface area contributed by atoms with Gasteiger partial charge >= 0.3 is 0 Å². The van der Waals surface area contributed by atoms with Gasteiger partial charge in [-0.3, -0.25) is 4.99 Å². The molecule has 1 rings (SSSR count). The highest BCUT2D eigenvalue weighted by Crippen LogP contribution is 2.09. The maximum Gasteiger partial charge on any atom is 0.193 e. The van der Waals surface area contributed by atoms with E-state index in [0.29, 0.717) is 6.54 Å². The first kappa shape index (κ1) is 17.9. The summed E-state index contributed by atoms with van der Waals surface area (Å²) in [5.74, 6) is 0.891. The molecule has 1 N–H and O–H groups in total. The summed E-state index contributed by atoms with van der Waals surface area (Å²) in [7, 11) is 3.83. The van der Waals surface area contributed by atoms with Crippen LogP contribution in [-0.2, 0) is 6.42 Å². The first-order valence-corrected chi connectivity index (χ1v) is 7.08. The van der Waals surface area contributed by atoms with Crippen LogP contribution in [-0.4, -0.2) is 38.0 Å². The van der Waals surface area contributed by atoms with E-state index in [1.54, 1.807) is 18.4 Å². The number of thiophene rings is 1. The van der Waals surface area contributed by atoms with Crippen molar-refractivity contribution in [2.24, 2.45) is 4.99 Å². The molecule has 0 atom stereocenters. The molecule has 0 aliphatic carbocycles. The summed E-state index contributed by atoms with van der Waals surface area (Å²) >= 11 is 5.12. The number of nitrogens with one attached hydrogen (secondary N) is 1. The van der Waals surface area contributed by atoms with Crippen molar-refractivity contribution < 1.29 is 0 Å². The van der Waals surface area contributed by atoms with Crippen molar-refractivity contribution in [3.05, 3.63) is 33.5 Å². The van der Waals surface area contributed by atoms with Crippen molar-refractivity contribution in [1.29, 1.82) is 0 Å². The predicted octanol–water partition coefficient (Wildman–Crippen LogP) is 3.32. The predicted molar refractivity (Wildman–Crippen MR) is 95.5 cm³/mol. The number of likely N-dealkylation sites (N-methyl/N-ethyl adjacent to an activating group) is 1. The fraction of sp³-hybridized carbons (Fsp3) is 0.417. The van der Waals surface area contributed by atoms with Crippen molar-refractivity contribution in [3.8, 4) is 0 Å². The summed E-state index contributed by atoms with van der Waals surface area (Å²) in [6.45, 7) is 5.43. The van der Waals surface area contributed by atoms with Gasteiger partial charge in [0.25, 0.3) is 0 Å². The molecule has 1 aromatic heterocycles. The van der Waals surface area contributed by atoms with E-state index in [9.17, 15) is 0 Å². The van der Waals surface area contributed by atoms with E-state index in [-0.39, 0.29) is 24.0 Å². The van der Waals surface area contributed by atoms with Gasteiger partial charge in [-0.1, -0.05) is 28.6 Å². The average Bonchev–Trinajstić information content (AvgIpc) is 2.79. The second-order valence-corrected chi connectivity index (χ2v) is 5.82. The van der Waals surface area contributed by atoms with Gasteiger partial charge < -0.3 is 10.2 Å². The highest BCUT2D eigenvalue weighted by Gasteiger charge is 2.05. The fourth-order valence-corrected chi connectivity index (χ4v) is 2.24. The lowest BCUT2D eigenvalue weighted by atomic mass is 10.3. The average molecular weight is 444 g/mol. The third-order valence-electron chi connectivity index (χ3n) is 2.29. The fourth-order valence-electron chi connectivity index (χ4n) is 1.40. The zero-order chi connectivity index (χ0) is 12.7. The molecule has 0 saturated carbocycles. The first-order valence-electron chi connectivity index (χ1n) is 5.41. The Kier molecular flexibility index (Phi) is 9.76. The number of rotatable bonds is 5. The van der Waals surface area contributed by atoms with E-state index in [0.717, 1.165) is 23.4 Å². The lowest BCUT2D eigenvalue weighted by Gasteiger charge is -2.21. The van der Waals surface area contributed by atoms with E-state index in [1.165, 1.54) is 4.88 Å². The summed E-state index contributed by atoms with van der Waals surface area (Å²) in [5.41, 5.74) is 0. The van der Waals surface area contributed by atoms with Gasteiger partial charge in [-0.15, -0.1) is 35.3 Å². The highest BCUT2D eigenvalue weighted by molar-refractivity contribution is 14.0.